The summed E-state index contributed by atoms with van der Waals surface area (Å²) in [6, 6.07) is 3.62. The predicted molar refractivity (Wildman–Crippen MR) is 73.3 cm³/mol. The van der Waals surface area contributed by atoms with Gasteiger partial charge in [0.2, 0.25) is 0 Å². The molecule has 6 heteroatoms. The molecule has 0 saturated carbocycles. The molecule has 0 radical (unpaired) electrons. The second kappa shape index (κ2) is 6.34. The van der Waals surface area contributed by atoms with Gasteiger partial charge in [0.05, 0.1) is 17.1 Å². The lowest BCUT2D eigenvalue weighted by Crippen LogP contribution is -2.36. The molecule has 0 spiro atoms. The van der Waals surface area contributed by atoms with Crippen molar-refractivity contribution in [2.75, 3.05) is 6.61 Å². The molecule has 0 aliphatic rings. The Bertz CT molecular complexity index is 460. The number of rotatable bonds is 3. The standard InChI is InChI=1S/C13H17BrFNO3/c1-13(2,3)19-12(18)16-11(7-17)8-4-5-10(15)9(14)6-8/h4-6,11,17H,7H2,1-3H3,(H,16,18)/t11-/m1/s1. The summed E-state index contributed by atoms with van der Waals surface area (Å²) in [6.07, 6.45) is -0.632. The Balaban J connectivity index is 2.78. The number of halogens is 2. The summed E-state index contributed by atoms with van der Waals surface area (Å²) in [5.41, 5.74) is -0.0327. The van der Waals surface area contributed by atoms with Crippen LogP contribution >= 0.6 is 15.9 Å². The van der Waals surface area contributed by atoms with Crippen LogP contribution in [0, 0.1) is 5.82 Å². The molecule has 0 bridgehead atoms. The fraction of sp³-hybridized carbons (Fsp3) is 0.462. The quantitative estimate of drug-likeness (QED) is 0.893. The number of amides is 1. The fourth-order valence-corrected chi connectivity index (χ4v) is 1.81. The van der Waals surface area contributed by atoms with Crippen LogP contribution in [0.1, 0.15) is 32.4 Å². The number of hydrogen-bond acceptors (Lipinski definition) is 3. The molecule has 2 N–H and O–H groups in total. The highest BCUT2D eigenvalue weighted by molar-refractivity contribution is 9.10. The Labute approximate surface area is 120 Å². The highest BCUT2D eigenvalue weighted by Crippen LogP contribution is 2.21. The maximum atomic E-state index is 13.1. The van der Waals surface area contributed by atoms with Crippen LogP contribution in [-0.2, 0) is 4.74 Å². The van der Waals surface area contributed by atoms with Crippen molar-refractivity contribution >= 4 is 22.0 Å². The first-order chi connectivity index (χ1) is 8.73. The van der Waals surface area contributed by atoms with E-state index in [1.165, 1.54) is 18.2 Å². The molecular weight excluding hydrogens is 317 g/mol. The average molecular weight is 334 g/mol. The van der Waals surface area contributed by atoms with Crippen molar-refractivity contribution in [2.45, 2.75) is 32.4 Å². The smallest absolute Gasteiger partial charge is 0.408 e. The largest absolute Gasteiger partial charge is 0.444 e. The number of carbonyl (C=O) groups excluding carboxylic acids is 1. The summed E-state index contributed by atoms with van der Waals surface area (Å²) in [5.74, 6) is -0.405. The monoisotopic (exact) mass is 333 g/mol. The van der Waals surface area contributed by atoms with E-state index in [1.54, 1.807) is 20.8 Å². The van der Waals surface area contributed by atoms with Gasteiger partial charge in [0.15, 0.2) is 0 Å². The van der Waals surface area contributed by atoms with Crippen LogP contribution in [0.3, 0.4) is 0 Å². The van der Waals surface area contributed by atoms with Crippen molar-refractivity contribution in [1.29, 1.82) is 0 Å². The van der Waals surface area contributed by atoms with Crippen molar-refractivity contribution in [3.8, 4) is 0 Å². The summed E-state index contributed by atoms with van der Waals surface area (Å²) in [5, 5.41) is 11.8. The number of carbonyl (C=O) groups is 1. The van der Waals surface area contributed by atoms with Gasteiger partial charge < -0.3 is 15.2 Å². The molecule has 1 amide bonds. The van der Waals surface area contributed by atoms with E-state index in [4.69, 9.17) is 4.74 Å². The van der Waals surface area contributed by atoms with Crippen LogP contribution in [0.15, 0.2) is 22.7 Å². The second-order valence-electron chi connectivity index (χ2n) is 5.05. The van der Waals surface area contributed by atoms with Gasteiger partial charge >= 0.3 is 6.09 Å². The van der Waals surface area contributed by atoms with E-state index in [9.17, 15) is 14.3 Å². The van der Waals surface area contributed by atoms with E-state index in [0.717, 1.165) is 0 Å². The number of aliphatic hydroxyl groups is 1. The first-order valence-electron chi connectivity index (χ1n) is 5.78. The highest BCUT2D eigenvalue weighted by atomic mass is 79.9. The molecule has 0 aliphatic carbocycles. The Kier molecular flexibility index (Phi) is 5.31. The molecule has 0 unspecified atom stereocenters. The molecular formula is C13H17BrFNO3. The minimum Gasteiger partial charge on any atom is -0.444 e. The summed E-state index contributed by atoms with van der Waals surface area (Å²) in [7, 11) is 0. The van der Waals surface area contributed by atoms with Crippen LogP contribution in [0.5, 0.6) is 0 Å². The van der Waals surface area contributed by atoms with E-state index in [0.29, 0.717) is 5.56 Å². The van der Waals surface area contributed by atoms with E-state index in [1.807, 2.05) is 0 Å². The van der Waals surface area contributed by atoms with Gasteiger partial charge in [-0.05, 0) is 54.4 Å². The number of aliphatic hydroxyl groups excluding tert-OH is 1. The SMILES string of the molecule is CC(C)(C)OC(=O)N[C@H](CO)c1ccc(F)c(Br)c1. The second-order valence-corrected chi connectivity index (χ2v) is 5.91. The van der Waals surface area contributed by atoms with Crippen LogP contribution in [-0.4, -0.2) is 23.4 Å². The van der Waals surface area contributed by atoms with Gasteiger partial charge in [0.1, 0.15) is 11.4 Å². The van der Waals surface area contributed by atoms with Crippen LogP contribution in [0.2, 0.25) is 0 Å². The summed E-state index contributed by atoms with van der Waals surface area (Å²) < 4.78 is 18.5. The van der Waals surface area contributed by atoms with Crippen molar-refractivity contribution in [3.63, 3.8) is 0 Å². The number of ether oxygens (including phenoxy) is 1. The van der Waals surface area contributed by atoms with Gasteiger partial charge in [0.25, 0.3) is 0 Å². The first-order valence-corrected chi connectivity index (χ1v) is 6.57. The van der Waals surface area contributed by atoms with Gasteiger partial charge in [-0.2, -0.15) is 0 Å². The molecule has 1 atom stereocenters. The predicted octanol–water partition coefficient (Wildman–Crippen LogP) is 3.15. The molecule has 0 fully saturated rings. The average Bonchev–Trinajstić information content (AvgIpc) is 2.27. The lowest BCUT2D eigenvalue weighted by Gasteiger charge is -2.23. The topological polar surface area (TPSA) is 58.6 Å². The van der Waals surface area contributed by atoms with Crippen molar-refractivity contribution < 1.29 is 19.0 Å². The molecule has 0 aromatic heterocycles. The molecule has 1 aromatic carbocycles. The molecule has 1 rings (SSSR count). The van der Waals surface area contributed by atoms with Gasteiger partial charge in [-0.1, -0.05) is 6.07 Å². The zero-order valence-electron chi connectivity index (χ0n) is 11.0. The Morgan fingerprint density at radius 1 is 1.53 bits per heavy atom. The van der Waals surface area contributed by atoms with E-state index < -0.39 is 23.6 Å². The van der Waals surface area contributed by atoms with Gasteiger partial charge in [-0.15, -0.1) is 0 Å². The van der Waals surface area contributed by atoms with E-state index in [-0.39, 0.29) is 11.1 Å². The number of nitrogens with one attached hydrogen (secondary N) is 1. The van der Waals surface area contributed by atoms with Gasteiger partial charge in [-0.3, -0.25) is 0 Å². The maximum Gasteiger partial charge on any atom is 0.408 e. The Morgan fingerprint density at radius 3 is 2.63 bits per heavy atom. The lowest BCUT2D eigenvalue weighted by atomic mass is 10.1. The number of alkyl carbamates (subject to hydrolysis) is 1. The summed E-state index contributed by atoms with van der Waals surface area (Å²) in [4.78, 5) is 11.6. The molecule has 106 valence electrons. The number of hydrogen-bond donors (Lipinski definition) is 2. The van der Waals surface area contributed by atoms with Crippen molar-refractivity contribution in [1.82, 2.24) is 5.32 Å². The molecule has 0 heterocycles. The molecule has 19 heavy (non-hydrogen) atoms. The highest BCUT2D eigenvalue weighted by Gasteiger charge is 2.20. The molecule has 0 saturated heterocycles. The van der Waals surface area contributed by atoms with E-state index in [2.05, 4.69) is 21.2 Å². The van der Waals surface area contributed by atoms with Gasteiger partial charge in [-0.25, -0.2) is 9.18 Å². The zero-order valence-corrected chi connectivity index (χ0v) is 12.6. The summed E-state index contributed by atoms with van der Waals surface area (Å²) >= 11 is 3.06. The maximum absolute atomic E-state index is 13.1. The molecule has 0 aliphatic heterocycles. The van der Waals surface area contributed by atoms with Crippen LogP contribution in [0.4, 0.5) is 9.18 Å². The number of benzene rings is 1. The third-order valence-electron chi connectivity index (χ3n) is 2.22. The van der Waals surface area contributed by atoms with Crippen LogP contribution in [0.25, 0.3) is 0 Å². The van der Waals surface area contributed by atoms with Gasteiger partial charge in [0, 0.05) is 0 Å². The third-order valence-corrected chi connectivity index (χ3v) is 2.83. The van der Waals surface area contributed by atoms with Crippen molar-refractivity contribution in [3.05, 3.63) is 34.1 Å². The lowest BCUT2D eigenvalue weighted by molar-refractivity contribution is 0.0482. The molecule has 1 aromatic rings. The fourth-order valence-electron chi connectivity index (χ4n) is 1.41. The first kappa shape index (κ1) is 15.9. The van der Waals surface area contributed by atoms with E-state index >= 15 is 0 Å². The summed E-state index contributed by atoms with van der Waals surface area (Å²) in [6.45, 7) is 4.93. The minimum atomic E-state index is -0.647. The Morgan fingerprint density at radius 2 is 2.16 bits per heavy atom. The Hall–Kier alpha value is -1.14. The molecule has 4 nitrogen and oxygen atoms in total. The third kappa shape index (κ3) is 5.16. The zero-order chi connectivity index (χ0) is 14.6. The minimum absolute atomic E-state index is 0.273. The van der Waals surface area contributed by atoms with Crippen molar-refractivity contribution in [2.24, 2.45) is 0 Å². The normalized spacial score (nSPS) is 12.9. The van der Waals surface area contributed by atoms with Crippen LogP contribution < -0.4 is 5.32 Å².